The third kappa shape index (κ3) is 3.48. The fourth-order valence-electron chi connectivity index (χ4n) is 1.67. The standard InChI is InChI=1S/C15H13ClO3/c1-10-5-6-13(16)14(7-10)19-9-11-3-2-4-12(8-11)15(17)18/h2-8H,9H2,1H3,(H,17,18)/p-1. The minimum Gasteiger partial charge on any atom is -0.545 e. The summed E-state index contributed by atoms with van der Waals surface area (Å²) in [6.45, 7) is 2.20. The molecule has 0 saturated heterocycles. The topological polar surface area (TPSA) is 49.4 Å². The number of carboxylic acids is 1. The molecule has 2 rings (SSSR count). The van der Waals surface area contributed by atoms with E-state index < -0.39 is 5.97 Å². The maximum Gasteiger partial charge on any atom is 0.138 e. The number of hydrogen-bond acceptors (Lipinski definition) is 3. The van der Waals surface area contributed by atoms with Crippen LogP contribution in [0, 0.1) is 6.92 Å². The van der Waals surface area contributed by atoms with Crippen molar-refractivity contribution in [3.8, 4) is 5.75 Å². The summed E-state index contributed by atoms with van der Waals surface area (Å²) >= 11 is 6.02. The van der Waals surface area contributed by atoms with Gasteiger partial charge in [-0.15, -0.1) is 0 Å². The summed E-state index contributed by atoms with van der Waals surface area (Å²) in [4.78, 5) is 10.8. The number of halogens is 1. The average Bonchev–Trinajstić information content (AvgIpc) is 2.40. The molecule has 2 aromatic rings. The zero-order valence-electron chi connectivity index (χ0n) is 10.4. The first kappa shape index (κ1) is 13.4. The molecule has 0 aromatic heterocycles. The molecule has 3 nitrogen and oxygen atoms in total. The van der Waals surface area contributed by atoms with Gasteiger partial charge in [0.25, 0.3) is 0 Å². The highest BCUT2D eigenvalue weighted by molar-refractivity contribution is 6.32. The van der Waals surface area contributed by atoms with Crippen LogP contribution in [0.25, 0.3) is 0 Å². The number of carboxylic acid groups (broad SMARTS) is 1. The molecule has 0 saturated carbocycles. The van der Waals surface area contributed by atoms with Gasteiger partial charge in [0.1, 0.15) is 12.4 Å². The quantitative estimate of drug-likeness (QED) is 0.862. The molecule has 0 aliphatic carbocycles. The van der Waals surface area contributed by atoms with Crippen molar-refractivity contribution < 1.29 is 14.6 Å². The predicted molar refractivity (Wildman–Crippen MR) is 71.3 cm³/mol. The summed E-state index contributed by atoms with van der Waals surface area (Å²) in [6, 6.07) is 12.0. The van der Waals surface area contributed by atoms with E-state index in [1.54, 1.807) is 18.2 Å². The number of carbonyl (C=O) groups excluding carboxylic acids is 1. The Hall–Kier alpha value is -2.00. The van der Waals surface area contributed by atoms with E-state index in [1.807, 2.05) is 19.1 Å². The van der Waals surface area contributed by atoms with Crippen LogP contribution in [0.2, 0.25) is 5.02 Å². The van der Waals surface area contributed by atoms with Crippen molar-refractivity contribution in [3.63, 3.8) is 0 Å². The lowest BCUT2D eigenvalue weighted by atomic mass is 10.1. The van der Waals surface area contributed by atoms with E-state index in [1.165, 1.54) is 12.1 Å². The van der Waals surface area contributed by atoms with Crippen molar-refractivity contribution in [2.45, 2.75) is 13.5 Å². The highest BCUT2D eigenvalue weighted by Crippen LogP contribution is 2.26. The van der Waals surface area contributed by atoms with E-state index >= 15 is 0 Å². The fraction of sp³-hybridized carbons (Fsp3) is 0.133. The maximum atomic E-state index is 10.8. The van der Waals surface area contributed by atoms with E-state index in [4.69, 9.17) is 16.3 Å². The molecule has 0 amide bonds. The Morgan fingerprint density at radius 3 is 2.79 bits per heavy atom. The molecule has 0 atom stereocenters. The van der Waals surface area contributed by atoms with Gasteiger partial charge in [-0.1, -0.05) is 35.9 Å². The Balaban J connectivity index is 2.12. The number of hydrogen-bond donors (Lipinski definition) is 0. The molecule has 0 heterocycles. The largest absolute Gasteiger partial charge is 0.545 e. The minimum atomic E-state index is -1.20. The monoisotopic (exact) mass is 275 g/mol. The normalized spacial score (nSPS) is 10.2. The van der Waals surface area contributed by atoms with Crippen molar-refractivity contribution in [1.82, 2.24) is 0 Å². The summed E-state index contributed by atoms with van der Waals surface area (Å²) in [6.07, 6.45) is 0. The third-order valence-electron chi connectivity index (χ3n) is 2.64. The number of aromatic carboxylic acids is 1. The van der Waals surface area contributed by atoms with Crippen LogP contribution in [0.5, 0.6) is 5.75 Å². The maximum absolute atomic E-state index is 10.8. The van der Waals surface area contributed by atoms with Crippen LogP contribution in [0.4, 0.5) is 0 Å². The molecule has 98 valence electrons. The molecular formula is C15H12ClO3-. The predicted octanol–water partition coefficient (Wildman–Crippen LogP) is 2.59. The first-order valence-corrected chi connectivity index (χ1v) is 6.13. The van der Waals surface area contributed by atoms with Crippen LogP contribution >= 0.6 is 11.6 Å². The highest BCUT2D eigenvalue weighted by Gasteiger charge is 2.03. The van der Waals surface area contributed by atoms with Crippen molar-refractivity contribution in [2.75, 3.05) is 0 Å². The van der Waals surface area contributed by atoms with Crippen LogP contribution in [-0.4, -0.2) is 5.97 Å². The number of aryl methyl sites for hydroxylation is 1. The molecular weight excluding hydrogens is 264 g/mol. The molecule has 0 radical (unpaired) electrons. The lowest BCUT2D eigenvalue weighted by Gasteiger charge is -2.10. The Labute approximate surface area is 116 Å². The van der Waals surface area contributed by atoms with Crippen LogP contribution < -0.4 is 9.84 Å². The van der Waals surface area contributed by atoms with E-state index in [0.717, 1.165) is 11.1 Å². The molecule has 0 aliphatic heterocycles. The zero-order chi connectivity index (χ0) is 13.8. The second kappa shape index (κ2) is 5.76. The Kier molecular flexibility index (Phi) is 4.07. The number of carbonyl (C=O) groups is 1. The molecule has 0 bridgehead atoms. The highest BCUT2D eigenvalue weighted by atomic mass is 35.5. The Morgan fingerprint density at radius 1 is 1.26 bits per heavy atom. The van der Waals surface area contributed by atoms with E-state index in [0.29, 0.717) is 10.8 Å². The van der Waals surface area contributed by atoms with Gasteiger partial charge in [-0.25, -0.2) is 0 Å². The van der Waals surface area contributed by atoms with Crippen molar-refractivity contribution in [3.05, 3.63) is 64.2 Å². The van der Waals surface area contributed by atoms with Gasteiger partial charge in [-0.2, -0.15) is 0 Å². The van der Waals surface area contributed by atoms with E-state index in [9.17, 15) is 9.90 Å². The molecule has 4 heteroatoms. The summed E-state index contributed by atoms with van der Waals surface area (Å²) in [5.41, 5.74) is 1.93. The number of ether oxygens (including phenoxy) is 1. The average molecular weight is 276 g/mol. The van der Waals surface area contributed by atoms with Gasteiger partial charge in [0.05, 0.1) is 11.0 Å². The molecule has 2 aromatic carbocycles. The van der Waals surface area contributed by atoms with Gasteiger partial charge >= 0.3 is 0 Å². The summed E-state index contributed by atoms with van der Waals surface area (Å²) in [7, 11) is 0. The lowest BCUT2D eigenvalue weighted by molar-refractivity contribution is -0.255. The molecule has 0 unspecified atom stereocenters. The number of rotatable bonds is 4. The lowest BCUT2D eigenvalue weighted by Crippen LogP contribution is -2.22. The first-order chi connectivity index (χ1) is 9.06. The Bertz CT molecular complexity index is 608. The Morgan fingerprint density at radius 2 is 2.05 bits per heavy atom. The van der Waals surface area contributed by atoms with Gasteiger partial charge in [-0.05, 0) is 41.8 Å². The van der Waals surface area contributed by atoms with Crippen LogP contribution in [0.1, 0.15) is 21.5 Å². The van der Waals surface area contributed by atoms with Crippen LogP contribution in [-0.2, 0) is 6.61 Å². The minimum absolute atomic E-state index is 0.136. The summed E-state index contributed by atoms with van der Waals surface area (Å²) < 4.78 is 5.59. The second-order valence-electron chi connectivity index (χ2n) is 4.21. The van der Waals surface area contributed by atoms with Crippen LogP contribution in [0.3, 0.4) is 0 Å². The first-order valence-electron chi connectivity index (χ1n) is 5.75. The fourth-order valence-corrected chi connectivity index (χ4v) is 1.84. The summed E-state index contributed by atoms with van der Waals surface area (Å²) in [5.74, 6) is -0.615. The van der Waals surface area contributed by atoms with Gasteiger partial charge < -0.3 is 14.6 Å². The van der Waals surface area contributed by atoms with Gasteiger partial charge in [0, 0.05) is 0 Å². The molecule has 0 spiro atoms. The smallest absolute Gasteiger partial charge is 0.138 e. The third-order valence-corrected chi connectivity index (χ3v) is 2.96. The second-order valence-corrected chi connectivity index (χ2v) is 4.62. The van der Waals surface area contributed by atoms with Gasteiger partial charge in [-0.3, -0.25) is 0 Å². The molecule has 0 N–H and O–H groups in total. The molecule has 0 aliphatic rings. The number of benzene rings is 2. The van der Waals surface area contributed by atoms with Crippen molar-refractivity contribution in [2.24, 2.45) is 0 Å². The molecule has 0 fully saturated rings. The zero-order valence-corrected chi connectivity index (χ0v) is 11.1. The van der Waals surface area contributed by atoms with Crippen LogP contribution in [0.15, 0.2) is 42.5 Å². The van der Waals surface area contributed by atoms with Gasteiger partial charge in [0.2, 0.25) is 0 Å². The van der Waals surface area contributed by atoms with Crippen molar-refractivity contribution in [1.29, 1.82) is 0 Å². The van der Waals surface area contributed by atoms with Gasteiger partial charge in [0.15, 0.2) is 0 Å². The van der Waals surface area contributed by atoms with E-state index in [2.05, 4.69) is 0 Å². The SMILES string of the molecule is Cc1ccc(Cl)c(OCc2cccc(C(=O)[O-])c2)c1. The van der Waals surface area contributed by atoms with Crippen molar-refractivity contribution >= 4 is 17.6 Å². The summed E-state index contributed by atoms with van der Waals surface area (Å²) in [5, 5.41) is 11.3. The molecule has 19 heavy (non-hydrogen) atoms. The van der Waals surface area contributed by atoms with E-state index in [-0.39, 0.29) is 12.2 Å².